The first-order valence-electron chi connectivity index (χ1n) is 8.71. The number of rotatable bonds is 8. The highest BCUT2D eigenvalue weighted by Crippen LogP contribution is 2.29. The first-order valence-corrected chi connectivity index (χ1v) is 8.71. The summed E-state index contributed by atoms with van der Waals surface area (Å²) in [6.07, 6.45) is -0.852. The molecule has 1 aliphatic heterocycles. The van der Waals surface area contributed by atoms with Gasteiger partial charge in [-0.05, 0) is 56.0 Å². The van der Waals surface area contributed by atoms with Gasteiger partial charge in [0.2, 0.25) is 5.91 Å². The SMILES string of the molecule is COc1cc(CNC(=O)CCC2CCNCC2)ccc1OCC(F)(F)F. The summed E-state index contributed by atoms with van der Waals surface area (Å²) in [5.41, 5.74) is 0.733. The standard InChI is InChI=1S/C18H25F3N2O3/c1-25-16-10-14(2-4-15(16)26-12-18(19,20)21)11-23-17(24)5-3-13-6-8-22-9-7-13/h2,4,10,13,22H,3,5-9,11-12H2,1H3,(H,23,24). The molecular formula is C18H25F3N2O3. The number of nitrogens with one attached hydrogen (secondary N) is 2. The number of carbonyl (C=O) groups excluding carboxylic acids is 1. The molecule has 1 heterocycles. The van der Waals surface area contributed by atoms with Gasteiger partial charge in [-0.15, -0.1) is 0 Å². The van der Waals surface area contributed by atoms with E-state index in [9.17, 15) is 18.0 Å². The number of carbonyl (C=O) groups is 1. The first kappa shape index (κ1) is 20.4. The number of methoxy groups -OCH3 is 1. The van der Waals surface area contributed by atoms with Crippen LogP contribution in [0.15, 0.2) is 18.2 Å². The zero-order valence-corrected chi connectivity index (χ0v) is 14.8. The van der Waals surface area contributed by atoms with Crippen LogP contribution in [-0.4, -0.2) is 38.9 Å². The van der Waals surface area contributed by atoms with Crippen LogP contribution >= 0.6 is 0 Å². The predicted octanol–water partition coefficient (Wildman–Crippen LogP) is 3.03. The molecule has 1 amide bonds. The second-order valence-corrected chi connectivity index (χ2v) is 6.40. The molecule has 1 saturated heterocycles. The Labute approximate surface area is 151 Å². The fraction of sp³-hybridized carbons (Fsp3) is 0.611. The molecule has 1 aromatic rings. The number of hydrogen-bond donors (Lipinski definition) is 2. The molecule has 0 aromatic heterocycles. The Morgan fingerprint density at radius 3 is 2.65 bits per heavy atom. The highest BCUT2D eigenvalue weighted by Gasteiger charge is 2.29. The maximum Gasteiger partial charge on any atom is 0.422 e. The van der Waals surface area contributed by atoms with E-state index in [1.54, 1.807) is 12.1 Å². The second-order valence-electron chi connectivity index (χ2n) is 6.40. The topological polar surface area (TPSA) is 59.6 Å². The molecule has 146 valence electrons. The summed E-state index contributed by atoms with van der Waals surface area (Å²) in [5, 5.41) is 6.13. The van der Waals surface area contributed by atoms with E-state index in [1.165, 1.54) is 13.2 Å². The van der Waals surface area contributed by atoms with Crippen molar-refractivity contribution in [2.75, 3.05) is 26.8 Å². The molecule has 2 rings (SSSR count). The molecule has 0 radical (unpaired) electrons. The largest absolute Gasteiger partial charge is 0.493 e. The fourth-order valence-electron chi connectivity index (χ4n) is 2.90. The van der Waals surface area contributed by atoms with Crippen molar-refractivity contribution in [2.24, 2.45) is 5.92 Å². The lowest BCUT2D eigenvalue weighted by Gasteiger charge is -2.22. The molecule has 0 atom stereocenters. The number of amides is 1. The average Bonchev–Trinajstić information content (AvgIpc) is 2.63. The van der Waals surface area contributed by atoms with Crippen molar-refractivity contribution in [3.63, 3.8) is 0 Å². The van der Waals surface area contributed by atoms with Crippen molar-refractivity contribution >= 4 is 5.91 Å². The Morgan fingerprint density at radius 2 is 2.00 bits per heavy atom. The smallest absolute Gasteiger partial charge is 0.422 e. The molecule has 0 unspecified atom stereocenters. The Morgan fingerprint density at radius 1 is 1.27 bits per heavy atom. The summed E-state index contributed by atoms with van der Waals surface area (Å²) in [7, 11) is 1.36. The number of alkyl halides is 3. The summed E-state index contributed by atoms with van der Waals surface area (Å²) < 4.78 is 46.6. The van der Waals surface area contributed by atoms with Crippen LogP contribution < -0.4 is 20.1 Å². The fourth-order valence-corrected chi connectivity index (χ4v) is 2.90. The van der Waals surface area contributed by atoms with Crippen molar-refractivity contribution < 1.29 is 27.4 Å². The van der Waals surface area contributed by atoms with Crippen molar-refractivity contribution in [3.05, 3.63) is 23.8 Å². The lowest BCUT2D eigenvalue weighted by atomic mass is 9.93. The highest BCUT2D eigenvalue weighted by atomic mass is 19.4. The maximum atomic E-state index is 12.3. The van der Waals surface area contributed by atoms with Gasteiger partial charge in [-0.25, -0.2) is 0 Å². The quantitative estimate of drug-likeness (QED) is 0.734. The van der Waals surface area contributed by atoms with Crippen LogP contribution in [0.4, 0.5) is 13.2 Å². The monoisotopic (exact) mass is 374 g/mol. The van der Waals surface area contributed by atoms with E-state index in [-0.39, 0.29) is 17.4 Å². The van der Waals surface area contributed by atoms with E-state index in [4.69, 9.17) is 9.47 Å². The summed E-state index contributed by atoms with van der Waals surface area (Å²) in [6, 6.07) is 4.60. The Kier molecular flexibility index (Phi) is 7.56. The van der Waals surface area contributed by atoms with Crippen LogP contribution in [0.1, 0.15) is 31.2 Å². The van der Waals surface area contributed by atoms with Gasteiger partial charge in [-0.3, -0.25) is 4.79 Å². The summed E-state index contributed by atoms with van der Waals surface area (Å²) in [4.78, 5) is 12.0. The molecule has 1 aromatic carbocycles. The van der Waals surface area contributed by atoms with Gasteiger partial charge in [0.25, 0.3) is 0 Å². The molecule has 0 spiro atoms. The lowest BCUT2D eigenvalue weighted by Crippen LogP contribution is -2.29. The van der Waals surface area contributed by atoms with Gasteiger partial charge in [0, 0.05) is 13.0 Å². The maximum absolute atomic E-state index is 12.3. The van der Waals surface area contributed by atoms with E-state index in [1.807, 2.05) is 0 Å². The molecule has 1 fully saturated rings. The third kappa shape index (κ3) is 7.11. The van der Waals surface area contributed by atoms with Crippen LogP contribution in [0, 0.1) is 5.92 Å². The predicted molar refractivity (Wildman–Crippen MR) is 91.2 cm³/mol. The summed E-state index contributed by atoms with van der Waals surface area (Å²) in [5.74, 6) is 0.786. The molecule has 0 saturated carbocycles. The lowest BCUT2D eigenvalue weighted by molar-refractivity contribution is -0.153. The Balaban J connectivity index is 1.80. The molecule has 0 aliphatic carbocycles. The average molecular weight is 374 g/mol. The van der Waals surface area contributed by atoms with Gasteiger partial charge >= 0.3 is 6.18 Å². The zero-order chi connectivity index (χ0) is 19.0. The molecular weight excluding hydrogens is 349 g/mol. The minimum absolute atomic E-state index is 0.0193. The molecule has 5 nitrogen and oxygen atoms in total. The van der Waals surface area contributed by atoms with Crippen molar-refractivity contribution in [3.8, 4) is 11.5 Å². The minimum atomic E-state index is -4.41. The van der Waals surface area contributed by atoms with Gasteiger partial charge in [0.05, 0.1) is 7.11 Å². The van der Waals surface area contributed by atoms with Gasteiger partial charge in [0.1, 0.15) is 0 Å². The van der Waals surface area contributed by atoms with Gasteiger partial charge in [-0.2, -0.15) is 13.2 Å². The number of benzene rings is 1. The van der Waals surface area contributed by atoms with Crippen LogP contribution in [-0.2, 0) is 11.3 Å². The van der Waals surface area contributed by atoms with E-state index in [0.717, 1.165) is 37.9 Å². The Bertz CT molecular complexity index is 588. The number of halogens is 3. The molecule has 26 heavy (non-hydrogen) atoms. The van der Waals surface area contributed by atoms with E-state index in [0.29, 0.717) is 18.9 Å². The van der Waals surface area contributed by atoms with E-state index in [2.05, 4.69) is 10.6 Å². The second kappa shape index (κ2) is 9.66. The zero-order valence-electron chi connectivity index (χ0n) is 14.8. The molecule has 0 bridgehead atoms. The summed E-state index contributed by atoms with van der Waals surface area (Å²) >= 11 is 0. The van der Waals surface area contributed by atoms with Gasteiger partial charge < -0.3 is 20.1 Å². The number of piperidine rings is 1. The molecule has 8 heteroatoms. The van der Waals surface area contributed by atoms with Gasteiger partial charge in [-0.1, -0.05) is 6.07 Å². The third-order valence-electron chi connectivity index (χ3n) is 4.35. The van der Waals surface area contributed by atoms with Crippen molar-refractivity contribution in [1.82, 2.24) is 10.6 Å². The van der Waals surface area contributed by atoms with Crippen LogP contribution in [0.3, 0.4) is 0 Å². The van der Waals surface area contributed by atoms with Crippen LogP contribution in [0.25, 0.3) is 0 Å². The highest BCUT2D eigenvalue weighted by molar-refractivity contribution is 5.75. The minimum Gasteiger partial charge on any atom is -0.493 e. The van der Waals surface area contributed by atoms with Crippen molar-refractivity contribution in [1.29, 1.82) is 0 Å². The number of ether oxygens (including phenoxy) is 2. The van der Waals surface area contributed by atoms with E-state index >= 15 is 0 Å². The molecule has 1 aliphatic rings. The van der Waals surface area contributed by atoms with Gasteiger partial charge in [0.15, 0.2) is 18.1 Å². The van der Waals surface area contributed by atoms with Crippen LogP contribution in [0.2, 0.25) is 0 Å². The van der Waals surface area contributed by atoms with Crippen molar-refractivity contribution in [2.45, 2.75) is 38.4 Å². The van der Waals surface area contributed by atoms with E-state index < -0.39 is 12.8 Å². The van der Waals surface area contributed by atoms with Crippen LogP contribution in [0.5, 0.6) is 11.5 Å². The Hall–Kier alpha value is -1.96. The third-order valence-corrected chi connectivity index (χ3v) is 4.35. The normalized spacial score (nSPS) is 15.5. The molecule has 2 N–H and O–H groups in total. The first-order chi connectivity index (χ1) is 12.4. The number of hydrogen-bond acceptors (Lipinski definition) is 4. The summed E-state index contributed by atoms with van der Waals surface area (Å²) in [6.45, 7) is 0.931.